The monoisotopic (exact) mass is 369 g/mol. The van der Waals surface area contributed by atoms with Crippen LogP contribution in [0.15, 0.2) is 52.3 Å². The molecule has 0 N–H and O–H groups in total. The Morgan fingerprint density at radius 2 is 1.75 bits per heavy atom. The van der Waals surface area contributed by atoms with E-state index in [0.717, 1.165) is 12.3 Å². The standard InChI is InChI=1S/C16H10ClF2NO3S/c1-24(22,23)16-8-11(18)14(7-12(16)19)20-5-4-15(21)10-3-2-9(17)6-13(10)20/h2-8H,1H3. The van der Waals surface area contributed by atoms with Gasteiger partial charge in [-0.15, -0.1) is 0 Å². The summed E-state index contributed by atoms with van der Waals surface area (Å²) >= 11 is 5.92. The van der Waals surface area contributed by atoms with Crippen LogP contribution in [0.4, 0.5) is 8.78 Å². The van der Waals surface area contributed by atoms with Crippen molar-refractivity contribution in [2.45, 2.75) is 4.90 Å². The lowest BCUT2D eigenvalue weighted by molar-refractivity contribution is 0.553. The van der Waals surface area contributed by atoms with E-state index in [1.165, 1.54) is 35.0 Å². The van der Waals surface area contributed by atoms with Crippen molar-refractivity contribution in [3.63, 3.8) is 0 Å². The summed E-state index contributed by atoms with van der Waals surface area (Å²) in [4.78, 5) is 11.2. The molecular formula is C16H10ClF2NO3S. The van der Waals surface area contributed by atoms with Crippen molar-refractivity contribution in [1.82, 2.24) is 4.57 Å². The number of nitrogens with zero attached hydrogens (tertiary/aromatic N) is 1. The van der Waals surface area contributed by atoms with Crippen LogP contribution in [0.3, 0.4) is 0 Å². The van der Waals surface area contributed by atoms with Gasteiger partial charge >= 0.3 is 0 Å². The van der Waals surface area contributed by atoms with E-state index in [1.54, 1.807) is 0 Å². The summed E-state index contributed by atoms with van der Waals surface area (Å²) in [6.45, 7) is 0. The predicted octanol–water partition coefficient (Wildman–Crippen LogP) is 3.33. The molecule has 3 aromatic rings. The van der Waals surface area contributed by atoms with Gasteiger partial charge in [-0.3, -0.25) is 4.79 Å². The van der Waals surface area contributed by atoms with Crippen molar-refractivity contribution in [3.05, 3.63) is 69.5 Å². The highest BCUT2D eigenvalue weighted by Gasteiger charge is 2.19. The van der Waals surface area contributed by atoms with Crippen molar-refractivity contribution < 1.29 is 17.2 Å². The number of benzene rings is 2. The summed E-state index contributed by atoms with van der Waals surface area (Å²) in [6, 6.07) is 7.04. The van der Waals surface area contributed by atoms with Crippen LogP contribution in [0.25, 0.3) is 16.6 Å². The number of sulfone groups is 1. The molecule has 8 heteroatoms. The molecule has 1 aromatic heterocycles. The lowest BCUT2D eigenvalue weighted by Gasteiger charge is -2.13. The highest BCUT2D eigenvalue weighted by atomic mass is 35.5. The van der Waals surface area contributed by atoms with E-state index in [-0.39, 0.29) is 22.0 Å². The molecule has 24 heavy (non-hydrogen) atoms. The van der Waals surface area contributed by atoms with Gasteiger partial charge in [0.1, 0.15) is 16.5 Å². The Morgan fingerprint density at radius 1 is 1.04 bits per heavy atom. The Bertz CT molecular complexity index is 1140. The molecule has 0 bridgehead atoms. The molecule has 0 saturated carbocycles. The number of pyridine rings is 1. The van der Waals surface area contributed by atoms with E-state index in [2.05, 4.69) is 0 Å². The van der Waals surface area contributed by atoms with E-state index in [9.17, 15) is 22.0 Å². The number of hydrogen-bond donors (Lipinski definition) is 0. The van der Waals surface area contributed by atoms with Gasteiger partial charge in [-0.25, -0.2) is 17.2 Å². The molecular weight excluding hydrogens is 360 g/mol. The number of aromatic nitrogens is 1. The normalized spacial score (nSPS) is 11.8. The fourth-order valence-corrected chi connectivity index (χ4v) is 3.32. The number of fused-ring (bicyclic) bond motifs is 1. The van der Waals surface area contributed by atoms with Crippen molar-refractivity contribution in [2.24, 2.45) is 0 Å². The van der Waals surface area contributed by atoms with Crippen LogP contribution >= 0.6 is 11.6 Å². The van der Waals surface area contributed by atoms with Crippen LogP contribution in [0.5, 0.6) is 0 Å². The summed E-state index contributed by atoms with van der Waals surface area (Å²) < 4.78 is 52.7. The summed E-state index contributed by atoms with van der Waals surface area (Å²) in [6.07, 6.45) is 2.07. The smallest absolute Gasteiger partial charge is 0.189 e. The van der Waals surface area contributed by atoms with Gasteiger partial charge in [0.15, 0.2) is 15.3 Å². The molecule has 0 radical (unpaired) electrons. The second-order valence-corrected chi connectivity index (χ2v) is 7.64. The van der Waals surface area contributed by atoms with Gasteiger partial charge in [0.2, 0.25) is 0 Å². The third-order valence-corrected chi connectivity index (χ3v) is 4.87. The second-order valence-electron chi connectivity index (χ2n) is 5.22. The fourth-order valence-electron chi connectivity index (χ4n) is 2.42. The SMILES string of the molecule is CS(=O)(=O)c1cc(F)c(-n2ccc(=O)c3ccc(Cl)cc32)cc1F. The molecule has 0 unspecified atom stereocenters. The van der Waals surface area contributed by atoms with Crippen molar-refractivity contribution in [3.8, 4) is 5.69 Å². The lowest BCUT2D eigenvalue weighted by atomic mass is 10.2. The van der Waals surface area contributed by atoms with Gasteiger partial charge in [0.25, 0.3) is 0 Å². The molecule has 0 amide bonds. The number of halogens is 3. The largest absolute Gasteiger partial charge is 0.313 e. The molecule has 0 fully saturated rings. The zero-order chi connectivity index (χ0) is 17.6. The fraction of sp³-hybridized carbons (Fsp3) is 0.0625. The van der Waals surface area contributed by atoms with Crippen molar-refractivity contribution >= 4 is 32.3 Å². The molecule has 0 aliphatic rings. The van der Waals surface area contributed by atoms with Crippen LogP contribution in [-0.2, 0) is 9.84 Å². The van der Waals surface area contributed by atoms with Gasteiger partial charge in [-0.2, -0.15) is 0 Å². The van der Waals surface area contributed by atoms with Crippen LogP contribution in [0, 0.1) is 11.6 Å². The second kappa shape index (κ2) is 5.68. The van der Waals surface area contributed by atoms with E-state index < -0.39 is 26.4 Å². The molecule has 0 atom stereocenters. The molecule has 0 spiro atoms. The Balaban J connectivity index is 2.37. The number of hydrogen-bond acceptors (Lipinski definition) is 3. The van der Waals surface area contributed by atoms with Crippen LogP contribution in [0.2, 0.25) is 5.02 Å². The maximum absolute atomic E-state index is 14.4. The van der Waals surface area contributed by atoms with E-state index in [0.29, 0.717) is 11.1 Å². The first kappa shape index (κ1) is 16.6. The number of rotatable bonds is 2. The molecule has 2 aromatic carbocycles. The zero-order valence-corrected chi connectivity index (χ0v) is 13.8. The quantitative estimate of drug-likeness (QED) is 0.696. The van der Waals surface area contributed by atoms with Gasteiger partial charge in [0, 0.05) is 35.0 Å². The molecule has 4 nitrogen and oxygen atoms in total. The molecule has 0 aliphatic heterocycles. The van der Waals surface area contributed by atoms with E-state index in [4.69, 9.17) is 11.6 Å². The van der Waals surface area contributed by atoms with Gasteiger partial charge in [-0.05, 0) is 24.3 Å². The zero-order valence-electron chi connectivity index (χ0n) is 12.3. The Labute approximate surface area is 140 Å². The highest BCUT2D eigenvalue weighted by Crippen LogP contribution is 2.25. The van der Waals surface area contributed by atoms with E-state index >= 15 is 0 Å². The maximum atomic E-state index is 14.4. The Hall–Kier alpha value is -2.25. The van der Waals surface area contributed by atoms with Crippen LogP contribution in [-0.4, -0.2) is 19.2 Å². The maximum Gasteiger partial charge on any atom is 0.189 e. The molecule has 124 valence electrons. The van der Waals surface area contributed by atoms with Gasteiger partial charge < -0.3 is 4.57 Å². The summed E-state index contributed by atoms with van der Waals surface area (Å²) in [5, 5.41) is 0.587. The minimum atomic E-state index is -3.91. The summed E-state index contributed by atoms with van der Waals surface area (Å²) in [5.74, 6) is -2.02. The molecule has 0 aliphatic carbocycles. The molecule has 0 saturated heterocycles. The first-order valence-corrected chi connectivity index (χ1v) is 8.96. The first-order valence-electron chi connectivity index (χ1n) is 6.69. The Morgan fingerprint density at radius 3 is 2.42 bits per heavy atom. The van der Waals surface area contributed by atoms with E-state index in [1.807, 2.05) is 0 Å². The lowest BCUT2D eigenvalue weighted by Crippen LogP contribution is -2.10. The minimum absolute atomic E-state index is 0.229. The summed E-state index contributed by atoms with van der Waals surface area (Å²) in [7, 11) is -3.91. The average Bonchev–Trinajstić information content (AvgIpc) is 2.49. The van der Waals surface area contributed by atoms with Crippen molar-refractivity contribution in [2.75, 3.05) is 6.26 Å². The highest BCUT2D eigenvalue weighted by molar-refractivity contribution is 7.90. The van der Waals surface area contributed by atoms with Gasteiger partial charge in [0.05, 0.1) is 11.2 Å². The van der Waals surface area contributed by atoms with Crippen LogP contribution in [0.1, 0.15) is 0 Å². The van der Waals surface area contributed by atoms with Gasteiger partial charge in [-0.1, -0.05) is 11.6 Å². The summed E-state index contributed by atoms with van der Waals surface area (Å²) in [5.41, 5.74) is -0.251. The molecule has 1 heterocycles. The van der Waals surface area contributed by atoms with Crippen LogP contribution < -0.4 is 5.43 Å². The first-order chi connectivity index (χ1) is 11.2. The third kappa shape index (κ3) is 2.81. The minimum Gasteiger partial charge on any atom is -0.313 e. The predicted molar refractivity (Wildman–Crippen MR) is 87.6 cm³/mol. The molecule has 3 rings (SSSR count). The Kier molecular flexibility index (Phi) is 3.93. The average molecular weight is 370 g/mol. The topological polar surface area (TPSA) is 56.1 Å². The third-order valence-electron chi connectivity index (χ3n) is 3.52. The van der Waals surface area contributed by atoms with Crippen molar-refractivity contribution in [1.29, 1.82) is 0 Å².